The number of rotatable bonds is 7. The summed E-state index contributed by atoms with van der Waals surface area (Å²) in [6.45, 7) is 0.868. The fourth-order valence-electron chi connectivity index (χ4n) is 2.63. The molecule has 0 atom stereocenters. The molecule has 0 spiro atoms. The number of nitrogens with zero attached hydrogens (tertiary/aromatic N) is 3. The molecule has 29 heavy (non-hydrogen) atoms. The Hall–Kier alpha value is -3.52. The van der Waals surface area contributed by atoms with Gasteiger partial charge in [0.2, 0.25) is 5.95 Å². The zero-order chi connectivity index (χ0) is 20.1. The number of halogens is 1. The molecule has 0 saturated carbocycles. The topological polar surface area (TPSA) is 69.0 Å². The highest BCUT2D eigenvalue weighted by molar-refractivity contribution is 7.12. The van der Waals surface area contributed by atoms with E-state index >= 15 is 0 Å². The van der Waals surface area contributed by atoms with Gasteiger partial charge in [0.25, 0.3) is 5.91 Å². The Morgan fingerprint density at radius 1 is 1.10 bits per heavy atom. The Morgan fingerprint density at radius 2 is 1.90 bits per heavy atom. The minimum atomic E-state index is -0.313. The summed E-state index contributed by atoms with van der Waals surface area (Å²) in [4.78, 5) is 17.1. The van der Waals surface area contributed by atoms with Crippen molar-refractivity contribution in [2.24, 2.45) is 0 Å². The van der Waals surface area contributed by atoms with E-state index in [1.165, 1.54) is 23.5 Å². The number of anilines is 1. The van der Waals surface area contributed by atoms with E-state index in [2.05, 4.69) is 15.4 Å². The Labute approximate surface area is 170 Å². The van der Waals surface area contributed by atoms with Crippen LogP contribution in [-0.4, -0.2) is 20.7 Å². The first-order valence-electron chi connectivity index (χ1n) is 8.86. The summed E-state index contributed by atoms with van der Waals surface area (Å²) in [5.41, 5.74) is 1.95. The lowest BCUT2D eigenvalue weighted by atomic mass is 10.2. The van der Waals surface area contributed by atoms with Gasteiger partial charge in [-0.25, -0.2) is 14.1 Å². The van der Waals surface area contributed by atoms with Crippen LogP contribution in [0.15, 0.2) is 72.4 Å². The van der Waals surface area contributed by atoms with Crippen molar-refractivity contribution >= 4 is 23.2 Å². The van der Waals surface area contributed by atoms with E-state index in [0.29, 0.717) is 23.8 Å². The first kappa shape index (κ1) is 18.8. The van der Waals surface area contributed by atoms with Crippen molar-refractivity contribution in [2.75, 3.05) is 5.32 Å². The molecule has 4 aromatic rings. The molecule has 0 saturated heterocycles. The van der Waals surface area contributed by atoms with E-state index in [-0.39, 0.29) is 17.7 Å². The Morgan fingerprint density at radius 3 is 2.69 bits per heavy atom. The molecule has 0 bridgehead atoms. The maximum atomic E-state index is 12.9. The molecule has 4 rings (SSSR count). The molecule has 8 heteroatoms. The predicted molar refractivity (Wildman–Crippen MR) is 109 cm³/mol. The monoisotopic (exact) mass is 408 g/mol. The van der Waals surface area contributed by atoms with Gasteiger partial charge in [0.15, 0.2) is 0 Å². The summed E-state index contributed by atoms with van der Waals surface area (Å²) < 4.78 is 20.2. The third-order valence-corrected chi connectivity index (χ3v) is 5.02. The average molecular weight is 408 g/mol. The van der Waals surface area contributed by atoms with Gasteiger partial charge in [-0.05, 0) is 41.3 Å². The number of ether oxygens (including phenoxy) is 1. The van der Waals surface area contributed by atoms with Gasteiger partial charge in [0.05, 0.1) is 11.4 Å². The van der Waals surface area contributed by atoms with Crippen LogP contribution in [0.5, 0.6) is 5.75 Å². The average Bonchev–Trinajstić information content (AvgIpc) is 3.38. The van der Waals surface area contributed by atoms with Crippen LogP contribution >= 0.6 is 11.3 Å². The summed E-state index contributed by atoms with van der Waals surface area (Å²) in [6.07, 6.45) is 1.58. The SMILES string of the molecule is O=C(Nc1ncn(Cc2ccccc2)n1)c1cc(COc2ccc(F)cc2)cs1. The van der Waals surface area contributed by atoms with Crippen LogP contribution in [0.3, 0.4) is 0 Å². The van der Waals surface area contributed by atoms with Gasteiger partial charge in [0, 0.05) is 5.56 Å². The number of amides is 1. The van der Waals surface area contributed by atoms with Crippen molar-refractivity contribution in [1.82, 2.24) is 14.8 Å². The predicted octanol–water partition coefficient (Wildman–Crippen LogP) is 4.36. The number of aromatic nitrogens is 3. The van der Waals surface area contributed by atoms with Crippen LogP contribution in [0.1, 0.15) is 20.8 Å². The normalized spacial score (nSPS) is 10.7. The number of hydrogen-bond donors (Lipinski definition) is 1. The molecule has 6 nitrogen and oxygen atoms in total. The Kier molecular flexibility index (Phi) is 5.62. The molecular weight excluding hydrogens is 391 g/mol. The maximum absolute atomic E-state index is 12.9. The number of nitrogens with one attached hydrogen (secondary N) is 1. The molecular formula is C21H17FN4O2S. The van der Waals surface area contributed by atoms with Gasteiger partial charge in [-0.3, -0.25) is 10.1 Å². The number of carbonyl (C=O) groups is 1. The van der Waals surface area contributed by atoms with Gasteiger partial charge < -0.3 is 4.74 Å². The first-order valence-corrected chi connectivity index (χ1v) is 9.74. The van der Waals surface area contributed by atoms with Gasteiger partial charge in [0.1, 0.15) is 24.5 Å². The van der Waals surface area contributed by atoms with E-state index < -0.39 is 0 Å². The zero-order valence-corrected chi connectivity index (χ0v) is 16.1. The van der Waals surface area contributed by atoms with Crippen LogP contribution in [0.2, 0.25) is 0 Å². The third-order valence-electron chi connectivity index (χ3n) is 4.05. The number of thiophene rings is 1. The first-order chi connectivity index (χ1) is 14.2. The van der Waals surface area contributed by atoms with Crippen LogP contribution in [0, 0.1) is 5.82 Å². The van der Waals surface area contributed by atoms with E-state index in [0.717, 1.165) is 11.1 Å². The zero-order valence-electron chi connectivity index (χ0n) is 15.3. The van der Waals surface area contributed by atoms with Gasteiger partial charge in [-0.2, -0.15) is 0 Å². The van der Waals surface area contributed by atoms with E-state index in [9.17, 15) is 9.18 Å². The fraction of sp³-hybridized carbons (Fsp3) is 0.0952. The highest BCUT2D eigenvalue weighted by atomic mass is 32.1. The minimum absolute atomic E-state index is 0.253. The molecule has 0 unspecified atom stereocenters. The number of carbonyl (C=O) groups excluding carboxylic acids is 1. The van der Waals surface area contributed by atoms with E-state index in [4.69, 9.17) is 4.74 Å². The van der Waals surface area contributed by atoms with Crippen molar-refractivity contribution in [3.8, 4) is 5.75 Å². The van der Waals surface area contributed by atoms with E-state index in [1.54, 1.807) is 29.2 Å². The summed E-state index contributed by atoms with van der Waals surface area (Å²) >= 11 is 1.31. The largest absolute Gasteiger partial charge is 0.489 e. The Bertz CT molecular complexity index is 1090. The molecule has 1 N–H and O–H groups in total. The lowest BCUT2D eigenvalue weighted by Crippen LogP contribution is -2.12. The van der Waals surface area contributed by atoms with Gasteiger partial charge in [-0.1, -0.05) is 30.3 Å². The highest BCUT2D eigenvalue weighted by Crippen LogP contribution is 2.19. The summed E-state index contributed by atoms with van der Waals surface area (Å²) in [5.74, 6) is 0.229. The highest BCUT2D eigenvalue weighted by Gasteiger charge is 2.12. The Balaban J connectivity index is 1.32. The van der Waals surface area contributed by atoms with Gasteiger partial charge in [-0.15, -0.1) is 16.4 Å². The van der Waals surface area contributed by atoms with Crippen LogP contribution in [-0.2, 0) is 13.2 Å². The van der Waals surface area contributed by atoms with Crippen LogP contribution in [0.4, 0.5) is 10.3 Å². The molecule has 0 fully saturated rings. The standard InChI is InChI=1S/C21H17FN4O2S/c22-17-6-8-18(9-7-17)28-12-16-10-19(29-13-16)20(27)24-21-23-14-26(25-21)11-15-4-2-1-3-5-15/h1-10,13-14H,11-12H2,(H,24,25,27). The molecule has 0 radical (unpaired) electrons. The molecule has 2 aromatic heterocycles. The van der Waals surface area contributed by atoms with Crippen molar-refractivity contribution < 1.29 is 13.9 Å². The minimum Gasteiger partial charge on any atom is -0.489 e. The second-order valence-electron chi connectivity index (χ2n) is 6.27. The van der Waals surface area contributed by atoms with Crippen molar-refractivity contribution in [3.05, 3.63) is 94.2 Å². The van der Waals surface area contributed by atoms with Crippen LogP contribution in [0.25, 0.3) is 0 Å². The second-order valence-corrected chi connectivity index (χ2v) is 7.18. The number of hydrogen-bond acceptors (Lipinski definition) is 5. The third kappa shape index (κ3) is 5.05. The smallest absolute Gasteiger partial charge is 0.268 e. The summed E-state index contributed by atoms with van der Waals surface area (Å²) in [6, 6.07) is 17.4. The molecule has 0 aliphatic carbocycles. The quantitative estimate of drug-likeness (QED) is 0.493. The lowest BCUT2D eigenvalue weighted by molar-refractivity contribution is 0.102. The van der Waals surface area contributed by atoms with Gasteiger partial charge >= 0.3 is 0 Å². The summed E-state index contributed by atoms with van der Waals surface area (Å²) in [5, 5.41) is 8.83. The second kappa shape index (κ2) is 8.66. The molecule has 146 valence electrons. The number of benzene rings is 2. The lowest BCUT2D eigenvalue weighted by Gasteiger charge is -2.04. The molecule has 0 aliphatic heterocycles. The maximum Gasteiger partial charge on any atom is 0.268 e. The molecule has 2 heterocycles. The van der Waals surface area contributed by atoms with Crippen molar-refractivity contribution in [2.45, 2.75) is 13.2 Å². The molecule has 2 aromatic carbocycles. The van der Waals surface area contributed by atoms with E-state index in [1.807, 2.05) is 35.7 Å². The molecule has 1 amide bonds. The van der Waals surface area contributed by atoms with Crippen molar-refractivity contribution in [1.29, 1.82) is 0 Å². The fourth-order valence-corrected chi connectivity index (χ4v) is 3.42. The van der Waals surface area contributed by atoms with Crippen molar-refractivity contribution in [3.63, 3.8) is 0 Å². The van der Waals surface area contributed by atoms with Crippen LogP contribution < -0.4 is 10.1 Å². The summed E-state index contributed by atoms with van der Waals surface area (Å²) in [7, 11) is 0. The molecule has 0 aliphatic rings.